The molecule has 0 bridgehead atoms. The van der Waals surface area contributed by atoms with Crippen LogP contribution < -0.4 is 15.2 Å². The van der Waals surface area contributed by atoms with Crippen LogP contribution in [0.5, 0.6) is 17.2 Å². The third kappa shape index (κ3) is 4.63. The summed E-state index contributed by atoms with van der Waals surface area (Å²) in [5, 5.41) is 0. The fourth-order valence-electron chi connectivity index (χ4n) is 9.48. The molecule has 4 aromatic carbocycles. The molecule has 3 aliphatic carbocycles. The van der Waals surface area contributed by atoms with E-state index < -0.39 is 5.41 Å². The SMILES string of the molecule is Cc1c2c(n(-c3ccc4c(c3)Oc3ccccc3C43C4=C(CCC=C4)Oc4cc(-c5cccc(C6C=CC=CC6)c5)ccc43)c1CC[NH3+])C=CCC2. The third-order valence-corrected chi connectivity index (χ3v) is 11.9. The van der Waals surface area contributed by atoms with Crippen molar-refractivity contribution in [1.29, 1.82) is 0 Å². The van der Waals surface area contributed by atoms with Gasteiger partial charge in [-0.15, -0.1) is 0 Å². The molecule has 0 amide bonds. The highest BCUT2D eigenvalue weighted by Gasteiger charge is 2.51. The van der Waals surface area contributed by atoms with Gasteiger partial charge in [-0.1, -0.05) is 103 Å². The fourth-order valence-corrected chi connectivity index (χ4v) is 9.48. The molecule has 0 saturated heterocycles. The smallest absolute Gasteiger partial charge is 0.134 e. The van der Waals surface area contributed by atoms with Crippen molar-refractivity contribution in [2.24, 2.45) is 0 Å². The van der Waals surface area contributed by atoms with Gasteiger partial charge in [-0.05, 0) is 84.7 Å². The first-order chi connectivity index (χ1) is 25.6. The molecule has 2 aliphatic heterocycles. The summed E-state index contributed by atoms with van der Waals surface area (Å²) in [6.45, 7) is 3.14. The number of rotatable bonds is 5. The van der Waals surface area contributed by atoms with Crippen LogP contribution in [0, 0.1) is 6.92 Å². The number of benzene rings is 4. The highest BCUT2D eigenvalue weighted by molar-refractivity contribution is 5.78. The van der Waals surface area contributed by atoms with Crippen molar-refractivity contribution < 1.29 is 15.2 Å². The predicted molar refractivity (Wildman–Crippen MR) is 209 cm³/mol. The van der Waals surface area contributed by atoms with Gasteiger partial charge < -0.3 is 19.8 Å². The first kappa shape index (κ1) is 31.2. The van der Waals surface area contributed by atoms with Gasteiger partial charge in [0.25, 0.3) is 0 Å². The lowest BCUT2D eigenvalue weighted by Crippen LogP contribution is -2.51. The lowest BCUT2D eigenvalue weighted by Gasteiger charge is -2.46. The van der Waals surface area contributed by atoms with E-state index in [4.69, 9.17) is 9.47 Å². The first-order valence-electron chi connectivity index (χ1n) is 18.9. The molecular formula is C48H43N2O2+. The Bertz CT molecular complexity index is 2430. The maximum absolute atomic E-state index is 6.95. The number of hydrogen-bond acceptors (Lipinski definition) is 2. The second-order valence-corrected chi connectivity index (χ2v) is 14.7. The van der Waals surface area contributed by atoms with Crippen molar-refractivity contribution in [2.75, 3.05) is 6.54 Å². The molecule has 3 N–H and O–H groups in total. The Morgan fingerprint density at radius 3 is 2.44 bits per heavy atom. The molecular weight excluding hydrogens is 637 g/mol. The normalized spacial score (nSPS) is 20.5. The molecule has 1 spiro atoms. The van der Waals surface area contributed by atoms with E-state index in [1.807, 2.05) is 0 Å². The molecule has 0 fully saturated rings. The van der Waals surface area contributed by atoms with E-state index in [1.54, 1.807) is 0 Å². The number of fused-ring (bicyclic) bond motifs is 8. The lowest BCUT2D eigenvalue weighted by atomic mass is 9.61. The summed E-state index contributed by atoms with van der Waals surface area (Å²) in [7, 11) is 0. The van der Waals surface area contributed by atoms with E-state index in [0.29, 0.717) is 5.92 Å². The number of quaternary nitrogens is 1. The van der Waals surface area contributed by atoms with Crippen molar-refractivity contribution in [1.82, 2.24) is 4.57 Å². The van der Waals surface area contributed by atoms with E-state index >= 15 is 0 Å². The quantitative estimate of drug-likeness (QED) is 0.201. The van der Waals surface area contributed by atoms with Crippen molar-refractivity contribution in [3.8, 4) is 34.1 Å². The zero-order valence-corrected chi connectivity index (χ0v) is 29.7. The van der Waals surface area contributed by atoms with E-state index in [-0.39, 0.29) is 0 Å². The summed E-state index contributed by atoms with van der Waals surface area (Å²) < 4.78 is 16.4. The molecule has 5 aliphatic rings. The summed E-state index contributed by atoms with van der Waals surface area (Å²) in [5.74, 6) is 4.14. The standard InChI is InChI=1S/C48H42N2O2/c1-31-37-16-5-8-19-43(37)50(42(31)26-27-49)36-23-25-41-47(30-36)52-45-21-10-7-18-39(45)48(41)38-17-6-9-20-44(38)51-46-29-35(22-24-40(46)48)34-15-11-14-33(28-34)32-12-3-2-4-13-32/h2-4,6-8,10-12,14-15,17-19,21-25,28-30,32H,5,9,13,16,20,26-27,49H2,1H3/p+1. The van der Waals surface area contributed by atoms with Crippen molar-refractivity contribution >= 4 is 6.08 Å². The molecule has 4 nitrogen and oxygen atoms in total. The first-order valence-corrected chi connectivity index (χ1v) is 18.9. The number of ether oxygens (including phenoxy) is 2. The third-order valence-electron chi connectivity index (χ3n) is 11.9. The molecule has 0 radical (unpaired) electrons. The highest BCUT2D eigenvalue weighted by atomic mass is 16.5. The van der Waals surface area contributed by atoms with Crippen LogP contribution in [-0.2, 0) is 18.3 Å². The summed E-state index contributed by atoms with van der Waals surface area (Å²) >= 11 is 0. The summed E-state index contributed by atoms with van der Waals surface area (Å²) in [4.78, 5) is 0. The Hall–Kier alpha value is -5.58. The monoisotopic (exact) mass is 679 g/mol. The van der Waals surface area contributed by atoms with Crippen LogP contribution in [0.2, 0.25) is 0 Å². The fraction of sp³-hybridized carbons (Fsp3) is 0.208. The van der Waals surface area contributed by atoms with Crippen LogP contribution in [0.3, 0.4) is 0 Å². The molecule has 0 saturated carbocycles. The maximum atomic E-state index is 6.95. The molecule has 2 unspecified atom stereocenters. The van der Waals surface area contributed by atoms with Crippen LogP contribution in [0.4, 0.5) is 0 Å². The summed E-state index contributed by atoms with van der Waals surface area (Å²) in [5.41, 5.74) is 18.7. The molecule has 5 aromatic rings. The predicted octanol–water partition coefficient (Wildman–Crippen LogP) is 10.2. The molecule has 3 heterocycles. The van der Waals surface area contributed by atoms with Crippen LogP contribution >= 0.6 is 0 Å². The molecule has 10 rings (SSSR count). The number of hydrogen-bond donors (Lipinski definition) is 1. The zero-order chi connectivity index (χ0) is 34.8. The van der Waals surface area contributed by atoms with E-state index in [1.165, 1.54) is 39.2 Å². The highest BCUT2D eigenvalue weighted by Crippen LogP contribution is 2.61. The van der Waals surface area contributed by atoms with Gasteiger partial charge in [-0.3, -0.25) is 0 Å². The average Bonchev–Trinajstić information content (AvgIpc) is 3.48. The topological polar surface area (TPSA) is 51.0 Å². The Labute approximate surface area is 305 Å². The van der Waals surface area contributed by atoms with Gasteiger partial charge >= 0.3 is 0 Å². The number of para-hydroxylation sites is 1. The van der Waals surface area contributed by atoms with Crippen LogP contribution in [0.15, 0.2) is 139 Å². The van der Waals surface area contributed by atoms with Crippen LogP contribution in [0.25, 0.3) is 22.9 Å². The summed E-state index contributed by atoms with van der Waals surface area (Å²) in [6.07, 6.45) is 24.1. The van der Waals surface area contributed by atoms with E-state index in [2.05, 4.69) is 151 Å². The molecule has 2 atom stereocenters. The Morgan fingerprint density at radius 1 is 0.750 bits per heavy atom. The van der Waals surface area contributed by atoms with Gasteiger partial charge in [0, 0.05) is 64.2 Å². The molecule has 4 heteroatoms. The van der Waals surface area contributed by atoms with Gasteiger partial charge in [-0.25, -0.2) is 0 Å². The second kappa shape index (κ2) is 12.3. The van der Waals surface area contributed by atoms with Gasteiger partial charge in [0.2, 0.25) is 0 Å². The lowest BCUT2D eigenvalue weighted by molar-refractivity contribution is -0.366. The van der Waals surface area contributed by atoms with Crippen molar-refractivity contribution in [3.05, 3.63) is 184 Å². The number of aromatic nitrogens is 1. The van der Waals surface area contributed by atoms with E-state index in [9.17, 15) is 0 Å². The van der Waals surface area contributed by atoms with Crippen molar-refractivity contribution in [3.63, 3.8) is 0 Å². The Kier molecular flexibility index (Phi) is 7.36. The van der Waals surface area contributed by atoms with Gasteiger partial charge in [-0.2, -0.15) is 0 Å². The average molecular weight is 680 g/mol. The minimum absolute atomic E-state index is 0.399. The largest absolute Gasteiger partial charge is 0.461 e. The van der Waals surface area contributed by atoms with Crippen LogP contribution in [-0.4, -0.2) is 11.1 Å². The molecule has 52 heavy (non-hydrogen) atoms. The maximum Gasteiger partial charge on any atom is 0.134 e. The van der Waals surface area contributed by atoms with E-state index in [0.717, 1.165) is 96.0 Å². The van der Waals surface area contributed by atoms with Gasteiger partial charge in [0.15, 0.2) is 0 Å². The molecule has 256 valence electrons. The Balaban J connectivity index is 1.17. The number of nitrogens with zero attached hydrogens (tertiary/aromatic N) is 1. The Morgan fingerprint density at radius 2 is 1.56 bits per heavy atom. The minimum Gasteiger partial charge on any atom is -0.461 e. The second-order valence-electron chi connectivity index (χ2n) is 14.7. The minimum atomic E-state index is -0.593. The molecule has 1 aromatic heterocycles. The van der Waals surface area contributed by atoms with Crippen LogP contribution in [0.1, 0.15) is 76.4 Å². The zero-order valence-electron chi connectivity index (χ0n) is 29.7. The van der Waals surface area contributed by atoms with Gasteiger partial charge in [0.1, 0.15) is 23.0 Å². The number of allylic oxidation sites excluding steroid dienone is 9. The summed E-state index contributed by atoms with van der Waals surface area (Å²) in [6, 6.07) is 31.4. The van der Waals surface area contributed by atoms with Crippen molar-refractivity contribution in [2.45, 2.75) is 56.8 Å². The van der Waals surface area contributed by atoms with Gasteiger partial charge in [0.05, 0.1) is 12.0 Å².